The summed E-state index contributed by atoms with van der Waals surface area (Å²) < 4.78 is 0. The summed E-state index contributed by atoms with van der Waals surface area (Å²) in [5.41, 5.74) is 0. The number of amides is 1. The highest BCUT2D eigenvalue weighted by molar-refractivity contribution is 5.83. The van der Waals surface area contributed by atoms with Crippen molar-refractivity contribution >= 4 is 11.9 Å². The molecule has 0 radical (unpaired) electrons. The number of carbonyl (C=O) groups excluding carboxylic acids is 1. The number of aliphatic carboxylic acids is 1. The fourth-order valence-corrected chi connectivity index (χ4v) is 3.07. The molecule has 2 fully saturated rings. The minimum atomic E-state index is -0.819. The molecule has 2 rings (SSSR count). The summed E-state index contributed by atoms with van der Waals surface area (Å²) in [7, 11) is 1.86. The average molecular weight is 269 g/mol. The highest BCUT2D eigenvalue weighted by Crippen LogP contribution is 2.23. The number of likely N-dealkylation sites (N-methyl/N-ethyl adjacent to an activating group) is 1. The van der Waals surface area contributed by atoms with Crippen molar-refractivity contribution in [2.24, 2.45) is 5.92 Å². The first-order valence-corrected chi connectivity index (χ1v) is 6.99. The van der Waals surface area contributed by atoms with Crippen LogP contribution in [-0.4, -0.2) is 72.6 Å². The van der Waals surface area contributed by atoms with Crippen molar-refractivity contribution in [3.63, 3.8) is 0 Å². The predicted molar refractivity (Wildman–Crippen MR) is 70.8 cm³/mol. The van der Waals surface area contributed by atoms with Crippen LogP contribution < -0.4 is 5.32 Å². The maximum Gasteiger partial charge on any atom is 0.317 e. The molecular weight excluding hydrogens is 246 g/mol. The predicted octanol–water partition coefficient (Wildman–Crippen LogP) is -0.397. The molecule has 2 unspecified atom stereocenters. The zero-order valence-electron chi connectivity index (χ0n) is 11.5. The average Bonchev–Trinajstić information content (AvgIpc) is 2.70. The van der Waals surface area contributed by atoms with E-state index in [4.69, 9.17) is 5.11 Å². The first-order valence-electron chi connectivity index (χ1n) is 6.99. The fourth-order valence-electron chi connectivity index (χ4n) is 3.07. The molecule has 6 nitrogen and oxygen atoms in total. The molecule has 6 heteroatoms. The molecule has 1 amide bonds. The van der Waals surface area contributed by atoms with E-state index in [2.05, 4.69) is 10.2 Å². The van der Waals surface area contributed by atoms with Gasteiger partial charge in [-0.3, -0.25) is 14.5 Å². The molecule has 108 valence electrons. The monoisotopic (exact) mass is 269 g/mol. The molecule has 0 aliphatic carbocycles. The van der Waals surface area contributed by atoms with E-state index in [0.717, 1.165) is 45.4 Å². The van der Waals surface area contributed by atoms with Crippen LogP contribution >= 0.6 is 0 Å². The van der Waals surface area contributed by atoms with E-state index < -0.39 is 5.97 Å². The molecular formula is C13H23N3O3. The van der Waals surface area contributed by atoms with Crippen LogP contribution in [-0.2, 0) is 9.59 Å². The first kappa shape index (κ1) is 14.3. The number of likely N-dealkylation sites (tertiary alicyclic amines) is 2. The third-order valence-electron chi connectivity index (χ3n) is 4.10. The smallest absolute Gasteiger partial charge is 0.317 e. The van der Waals surface area contributed by atoms with Crippen LogP contribution in [0.1, 0.15) is 19.3 Å². The molecule has 0 spiro atoms. The number of nitrogens with one attached hydrogen (secondary N) is 1. The normalized spacial score (nSPS) is 28.9. The number of carbonyl (C=O) groups is 2. The molecule has 0 bridgehead atoms. The quantitative estimate of drug-likeness (QED) is 0.711. The Balaban J connectivity index is 1.80. The molecule has 0 aromatic rings. The minimum Gasteiger partial charge on any atom is -0.480 e. The topological polar surface area (TPSA) is 72.9 Å². The van der Waals surface area contributed by atoms with Crippen LogP contribution in [0.25, 0.3) is 0 Å². The minimum absolute atomic E-state index is 0.0155. The highest BCUT2D eigenvalue weighted by Gasteiger charge is 2.35. The molecule has 2 N–H and O–H groups in total. The molecule has 2 aliphatic rings. The lowest BCUT2D eigenvalue weighted by atomic mass is 9.96. The Morgan fingerprint density at radius 1 is 1.42 bits per heavy atom. The second kappa shape index (κ2) is 6.34. The zero-order chi connectivity index (χ0) is 13.8. The fraction of sp³-hybridized carbons (Fsp3) is 0.846. The van der Waals surface area contributed by atoms with E-state index in [1.165, 1.54) is 0 Å². The van der Waals surface area contributed by atoms with Gasteiger partial charge in [0.25, 0.3) is 0 Å². The van der Waals surface area contributed by atoms with Crippen molar-refractivity contribution in [3.8, 4) is 0 Å². The highest BCUT2D eigenvalue weighted by atomic mass is 16.4. The Hall–Kier alpha value is -1.14. The number of piperidine rings is 1. The van der Waals surface area contributed by atoms with Crippen LogP contribution in [0.2, 0.25) is 0 Å². The lowest BCUT2D eigenvalue weighted by molar-refractivity contribution is -0.136. The molecule has 2 heterocycles. The molecule has 0 saturated carbocycles. The Bertz CT molecular complexity index is 348. The third-order valence-corrected chi connectivity index (χ3v) is 4.10. The molecule has 19 heavy (non-hydrogen) atoms. The molecule has 2 saturated heterocycles. The first-order chi connectivity index (χ1) is 9.08. The van der Waals surface area contributed by atoms with Gasteiger partial charge in [0.15, 0.2) is 0 Å². The summed E-state index contributed by atoms with van der Waals surface area (Å²) in [6.07, 6.45) is 3.12. The second-order valence-electron chi connectivity index (χ2n) is 5.59. The van der Waals surface area contributed by atoms with Gasteiger partial charge in [0.1, 0.15) is 0 Å². The van der Waals surface area contributed by atoms with Crippen LogP contribution in [0.4, 0.5) is 0 Å². The molecule has 0 aromatic carbocycles. The van der Waals surface area contributed by atoms with Crippen LogP contribution in [0.3, 0.4) is 0 Å². The van der Waals surface area contributed by atoms with Gasteiger partial charge in [-0.05, 0) is 38.3 Å². The van der Waals surface area contributed by atoms with Crippen molar-refractivity contribution in [2.45, 2.75) is 25.3 Å². The van der Waals surface area contributed by atoms with Crippen molar-refractivity contribution in [3.05, 3.63) is 0 Å². The van der Waals surface area contributed by atoms with Gasteiger partial charge in [-0.25, -0.2) is 0 Å². The summed E-state index contributed by atoms with van der Waals surface area (Å²) in [6, 6.07) is 0.0484. The Kier molecular flexibility index (Phi) is 4.76. The second-order valence-corrected chi connectivity index (χ2v) is 5.59. The van der Waals surface area contributed by atoms with Gasteiger partial charge >= 0.3 is 5.97 Å². The largest absolute Gasteiger partial charge is 0.480 e. The number of carboxylic acids is 1. The van der Waals surface area contributed by atoms with Gasteiger partial charge < -0.3 is 15.3 Å². The van der Waals surface area contributed by atoms with E-state index in [-0.39, 0.29) is 18.5 Å². The van der Waals surface area contributed by atoms with E-state index in [1.807, 2.05) is 7.05 Å². The van der Waals surface area contributed by atoms with Crippen molar-refractivity contribution < 1.29 is 14.7 Å². The van der Waals surface area contributed by atoms with Gasteiger partial charge in [-0.15, -0.1) is 0 Å². The molecule has 0 aromatic heterocycles. The number of rotatable bonds is 5. The molecule has 2 aliphatic heterocycles. The van der Waals surface area contributed by atoms with Gasteiger partial charge in [-0.1, -0.05) is 0 Å². The van der Waals surface area contributed by atoms with Crippen molar-refractivity contribution in [1.29, 1.82) is 0 Å². The summed E-state index contributed by atoms with van der Waals surface area (Å²) in [6.45, 7) is 3.47. The summed E-state index contributed by atoms with van der Waals surface area (Å²) in [5.74, 6) is -0.133. The Morgan fingerprint density at radius 3 is 2.84 bits per heavy atom. The van der Waals surface area contributed by atoms with Crippen LogP contribution in [0, 0.1) is 5.92 Å². The Labute approximate surface area is 113 Å². The standard InChI is InChI=1S/C13H23N3O3/c1-15-6-4-11(13(15)19)16-5-2-3-10(9-16)7-14-8-12(17)18/h10-11,14H,2-9H2,1H3,(H,17,18). The van der Waals surface area contributed by atoms with Gasteiger partial charge in [-0.2, -0.15) is 0 Å². The number of nitrogens with zero attached hydrogens (tertiary/aromatic N) is 2. The van der Waals surface area contributed by atoms with Gasteiger partial charge in [0, 0.05) is 20.1 Å². The lowest BCUT2D eigenvalue weighted by Crippen LogP contribution is -2.48. The third kappa shape index (κ3) is 3.67. The maximum absolute atomic E-state index is 12.0. The number of carboxylic acid groups (broad SMARTS) is 1. The van der Waals surface area contributed by atoms with E-state index in [1.54, 1.807) is 4.90 Å². The summed E-state index contributed by atoms with van der Waals surface area (Å²) >= 11 is 0. The van der Waals surface area contributed by atoms with Gasteiger partial charge in [0.2, 0.25) is 5.91 Å². The summed E-state index contributed by atoms with van der Waals surface area (Å²) in [5, 5.41) is 11.6. The van der Waals surface area contributed by atoms with E-state index in [0.29, 0.717) is 5.92 Å². The Morgan fingerprint density at radius 2 is 2.21 bits per heavy atom. The lowest BCUT2D eigenvalue weighted by Gasteiger charge is -2.35. The van der Waals surface area contributed by atoms with E-state index in [9.17, 15) is 9.59 Å². The van der Waals surface area contributed by atoms with Crippen molar-refractivity contribution in [1.82, 2.24) is 15.1 Å². The van der Waals surface area contributed by atoms with Gasteiger partial charge in [0.05, 0.1) is 12.6 Å². The van der Waals surface area contributed by atoms with Crippen LogP contribution in [0.5, 0.6) is 0 Å². The van der Waals surface area contributed by atoms with E-state index >= 15 is 0 Å². The molecule has 2 atom stereocenters. The number of hydrogen-bond acceptors (Lipinski definition) is 4. The summed E-state index contributed by atoms with van der Waals surface area (Å²) in [4.78, 5) is 26.6. The van der Waals surface area contributed by atoms with Crippen LogP contribution in [0.15, 0.2) is 0 Å². The number of hydrogen-bond donors (Lipinski definition) is 2. The van der Waals surface area contributed by atoms with Crippen molar-refractivity contribution in [2.75, 3.05) is 39.8 Å². The maximum atomic E-state index is 12.0. The zero-order valence-corrected chi connectivity index (χ0v) is 11.5. The SMILES string of the molecule is CN1CCC(N2CCCC(CNCC(=O)O)C2)C1=O.